The summed E-state index contributed by atoms with van der Waals surface area (Å²) in [5.74, 6) is 0.752. The maximum atomic E-state index is 12.7. The SMILES string of the molecule is Nc1ccc(NS(=O)(=O)Cc2ccc3c(c2)Cc2ccc(CS(=O)(=O)Nc4ccc(N)cc4)cc2O3)cc1. The fourth-order valence-corrected chi connectivity index (χ4v) is 6.56. The molecule has 38 heavy (non-hydrogen) atoms. The van der Waals surface area contributed by atoms with Crippen molar-refractivity contribution in [3.63, 3.8) is 0 Å². The third-order valence-electron chi connectivity index (χ3n) is 5.94. The van der Waals surface area contributed by atoms with Crippen LogP contribution in [0.15, 0.2) is 84.9 Å². The number of rotatable bonds is 8. The van der Waals surface area contributed by atoms with Gasteiger partial charge in [0.15, 0.2) is 0 Å². The third kappa shape index (κ3) is 6.18. The monoisotopic (exact) mass is 550 g/mol. The van der Waals surface area contributed by atoms with Crippen molar-refractivity contribution in [1.82, 2.24) is 0 Å². The molecule has 1 aliphatic heterocycles. The predicted octanol–water partition coefficient (Wildman–Crippen LogP) is 4.43. The highest BCUT2D eigenvalue weighted by atomic mass is 32.2. The van der Waals surface area contributed by atoms with Crippen LogP contribution >= 0.6 is 0 Å². The number of nitrogen functional groups attached to an aromatic ring is 2. The maximum Gasteiger partial charge on any atom is 0.236 e. The molecule has 0 saturated carbocycles. The lowest BCUT2D eigenvalue weighted by atomic mass is 9.98. The van der Waals surface area contributed by atoms with Crippen molar-refractivity contribution in [1.29, 1.82) is 0 Å². The van der Waals surface area contributed by atoms with Crippen LogP contribution in [0.1, 0.15) is 22.3 Å². The average molecular weight is 551 g/mol. The topological polar surface area (TPSA) is 154 Å². The van der Waals surface area contributed by atoms with Crippen LogP contribution in [-0.4, -0.2) is 16.8 Å². The van der Waals surface area contributed by atoms with Gasteiger partial charge in [-0.3, -0.25) is 9.44 Å². The highest BCUT2D eigenvalue weighted by Crippen LogP contribution is 2.38. The van der Waals surface area contributed by atoms with Crippen LogP contribution in [0, 0.1) is 0 Å². The Bertz CT molecular complexity index is 1570. The quantitative estimate of drug-likeness (QED) is 0.208. The summed E-state index contributed by atoms with van der Waals surface area (Å²) in [6.45, 7) is 0. The van der Waals surface area contributed by atoms with Crippen molar-refractivity contribution in [2.24, 2.45) is 0 Å². The summed E-state index contributed by atoms with van der Waals surface area (Å²) >= 11 is 0. The van der Waals surface area contributed by atoms with Gasteiger partial charge in [0.05, 0.1) is 11.5 Å². The van der Waals surface area contributed by atoms with Crippen LogP contribution in [0.4, 0.5) is 22.7 Å². The lowest BCUT2D eigenvalue weighted by Crippen LogP contribution is -2.16. The summed E-state index contributed by atoms with van der Waals surface area (Å²) in [7, 11) is -7.29. The van der Waals surface area contributed by atoms with Crippen LogP contribution < -0.4 is 25.6 Å². The van der Waals surface area contributed by atoms with E-state index >= 15 is 0 Å². The zero-order chi connectivity index (χ0) is 26.9. The van der Waals surface area contributed by atoms with Crippen molar-refractivity contribution in [2.45, 2.75) is 17.9 Å². The number of hydrogen-bond acceptors (Lipinski definition) is 7. The van der Waals surface area contributed by atoms with E-state index in [1.807, 2.05) is 12.1 Å². The van der Waals surface area contributed by atoms with Gasteiger partial charge in [-0.1, -0.05) is 24.3 Å². The highest BCUT2D eigenvalue weighted by Gasteiger charge is 2.21. The zero-order valence-electron chi connectivity index (χ0n) is 20.2. The van der Waals surface area contributed by atoms with Crippen molar-refractivity contribution in [3.8, 4) is 11.5 Å². The van der Waals surface area contributed by atoms with Crippen LogP contribution in [0.3, 0.4) is 0 Å². The van der Waals surface area contributed by atoms with Crippen molar-refractivity contribution in [3.05, 3.63) is 107 Å². The number of nitrogens with two attached hydrogens (primary N) is 2. The molecule has 0 atom stereocenters. The van der Waals surface area contributed by atoms with Crippen molar-refractivity contribution >= 4 is 42.8 Å². The Balaban J connectivity index is 1.27. The molecule has 1 aliphatic rings. The summed E-state index contributed by atoms with van der Waals surface area (Å²) in [5, 5.41) is 0. The second-order valence-electron chi connectivity index (χ2n) is 9.13. The summed E-state index contributed by atoms with van der Waals surface area (Å²) in [4.78, 5) is 0. The Labute approximate surface area is 221 Å². The molecule has 5 rings (SSSR count). The standard InChI is InChI=1S/C27H26N4O5S2/c28-22-4-8-24(9-5-22)30-37(32,33)16-18-2-12-26-21(13-18)15-20-3-1-19(14-27(20)36-26)17-38(34,35)31-25-10-6-23(29)7-11-25/h1-14,30-31H,15-17,28-29H2. The Morgan fingerprint density at radius 2 is 1.11 bits per heavy atom. The van der Waals surface area contributed by atoms with E-state index in [1.54, 1.807) is 72.8 Å². The van der Waals surface area contributed by atoms with Crippen LogP contribution in [0.5, 0.6) is 11.5 Å². The van der Waals surface area contributed by atoms with E-state index in [0.29, 0.717) is 51.8 Å². The molecule has 0 spiro atoms. The molecule has 4 aromatic carbocycles. The second-order valence-corrected chi connectivity index (χ2v) is 12.6. The molecule has 0 unspecified atom stereocenters. The summed E-state index contributed by atoms with van der Waals surface area (Å²) in [5.41, 5.74) is 16.2. The van der Waals surface area contributed by atoms with Crippen LogP contribution in [0.25, 0.3) is 0 Å². The predicted molar refractivity (Wildman–Crippen MR) is 150 cm³/mol. The van der Waals surface area contributed by atoms with Gasteiger partial charge in [-0.05, 0) is 82.9 Å². The Kier molecular flexibility index (Phi) is 6.64. The van der Waals surface area contributed by atoms with Gasteiger partial charge in [0.2, 0.25) is 20.0 Å². The van der Waals surface area contributed by atoms with Gasteiger partial charge in [0, 0.05) is 29.2 Å². The molecule has 4 aromatic rings. The molecule has 0 aromatic heterocycles. The first-order chi connectivity index (χ1) is 18.0. The number of benzene rings is 4. The minimum Gasteiger partial charge on any atom is -0.457 e. The number of ether oxygens (including phenoxy) is 1. The first kappa shape index (κ1) is 25.4. The maximum absolute atomic E-state index is 12.7. The molecular formula is C27H26N4O5S2. The zero-order valence-corrected chi connectivity index (χ0v) is 21.8. The normalized spacial score (nSPS) is 12.6. The fourth-order valence-electron chi connectivity index (χ4n) is 4.19. The van der Waals surface area contributed by atoms with E-state index in [-0.39, 0.29) is 11.5 Å². The average Bonchev–Trinajstić information content (AvgIpc) is 2.85. The molecule has 6 N–H and O–H groups in total. The van der Waals surface area contributed by atoms with E-state index in [1.165, 1.54) is 0 Å². The number of sulfonamides is 2. The fraction of sp³-hybridized carbons (Fsp3) is 0.111. The lowest BCUT2D eigenvalue weighted by Gasteiger charge is -2.22. The van der Waals surface area contributed by atoms with Gasteiger partial charge in [0.1, 0.15) is 11.5 Å². The summed E-state index contributed by atoms with van der Waals surface area (Å²) in [6.07, 6.45) is 0.528. The first-order valence-corrected chi connectivity index (χ1v) is 15.0. The highest BCUT2D eigenvalue weighted by molar-refractivity contribution is 7.92. The van der Waals surface area contributed by atoms with Gasteiger partial charge >= 0.3 is 0 Å². The molecular weight excluding hydrogens is 524 g/mol. The van der Waals surface area contributed by atoms with E-state index < -0.39 is 20.0 Å². The summed E-state index contributed by atoms with van der Waals surface area (Å²) in [6, 6.07) is 23.5. The lowest BCUT2D eigenvalue weighted by molar-refractivity contribution is 0.459. The minimum absolute atomic E-state index is 0.199. The molecule has 0 saturated heterocycles. The van der Waals surface area contributed by atoms with E-state index in [4.69, 9.17) is 16.2 Å². The molecule has 0 aliphatic carbocycles. The molecule has 0 radical (unpaired) electrons. The molecule has 1 heterocycles. The van der Waals surface area contributed by atoms with E-state index in [2.05, 4.69) is 9.44 Å². The van der Waals surface area contributed by atoms with E-state index in [9.17, 15) is 16.8 Å². The van der Waals surface area contributed by atoms with Crippen LogP contribution in [0.2, 0.25) is 0 Å². The smallest absolute Gasteiger partial charge is 0.236 e. The molecule has 196 valence electrons. The van der Waals surface area contributed by atoms with Gasteiger partial charge < -0.3 is 16.2 Å². The molecule has 9 nitrogen and oxygen atoms in total. The first-order valence-electron chi connectivity index (χ1n) is 11.7. The molecule has 0 amide bonds. The van der Waals surface area contributed by atoms with Gasteiger partial charge in [0.25, 0.3) is 0 Å². The van der Waals surface area contributed by atoms with Gasteiger partial charge in [-0.2, -0.15) is 0 Å². The minimum atomic E-state index is -3.65. The Hall–Kier alpha value is -4.22. The van der Waals surface area contributed by atoms with Crippen molar-refractivity contribution in [2.75, 3.05) is 20.9 Å². The Morgan fingerprint density at radius 1 is 0.605 bits per heavy atom. The summed E-state index contributed by atoms with van der Waals surface area (Å²) < 4.78 is 61.8. The molecule has 0 fully saturated rings. The second kappa shape index (κ2) is 9.92. The van der Waals surface area contributed by atoms with Gasteiger partial charge in [-0.25, -0.2) is 16.8 Å². The molecule has 0 bridgehead atoms. The number of anilines is 4. The van der Waals surface area contributed by atoms with E-state index in [0.717, 1.165) is 11.1 Å². The number of nitrogens with one attached hydrogen (secondary N) is 2. The van der Waals surface area contributed by atoms with Crippen molar-refractivity contribution < 1.29 is 21.6 Å². The number of fused-ring (bicyclic) bond motifs is 2. The third-order valence-corrected chi connectivity index (χ3v) is 8.46. The number of hydrogen-bond donors (Lipinski definition) is 4. The van der Waals surface area contributed by atoms with Crippen LogP contribution in [-0.2, 0) is 38.0 Å². The largest absolute Gasteiger partial charge is 0.457 e. The Morgan fingerprint density at radius 3 is 1.66 bits per heavy atom. The van der Waals surface area contributed by atoms with Gasteiger partial charge in [-0.15, -0.1) is 0 Å². The molecule has 11 heteroatoms.